The minimum atomic E-state index is -4.32. The molecule has 1 radical (unpaired) electrons. The molecule has 0 aliphatic carbocycles. The Morgan fingerprint density at radius 3 is 2.45 bits per heavy atom. The van der Waals surface area contributed by atoms with Gasteiger partial charge in [0.05, 0.1) is 6.61 Å². The molecule has 0 aromatic heterocycles. The molecule has 0 heterocycles. The number of carbonyl (C=O) groups is 1. The van der Waals surface area contributed by atoms with Crippen LogP contribution in [0.1, 0.15) is 0 Å². The maximum absolute atomic E-state index is 11.5. The Kier molecular flexibility index (Phi) is 17.0. The van der Waals surface area contributed by atoms with Crippen LogP contribution in [0, 0.1) is 31.1 Å². The topological polar surface area (TPSA) is 129 Å². The van der Waals surface area contributed by atoms with Gasteiger partial charge in [-0.3, -0.25) is 13.8 Å². The monoisotopic (exact) mass is 570 g/mol. The number of nitrogens with one attached hydrogen (secondary N) is 2. The van der Waals surface area contributed by atoms with Crippen LogP contribution < -0.4 is 5.32 Å². The largest absolute Gasteiger partial charge is 0.676 e. The van der Waals surface area contributed by atoms with Crippen LogP contribution in [-0.2, 0) is 41.8 Å². The van der Waals surface area contributed by atoms with Gasteiger partial charge in [-0.05, 0) is 0 Å². The van der Waals surface area contributed by atoms with Crippen LogP contribution in [0.25, 0.3) is 5.73 Å². The second-order valence-corrected chi connectivity index (χ2v) is 4.83. The average Bonchev–Trinajstić information content (AvgIpc) is 2.31. The summed E-state index contributed by atoms with van der Waals surface area (Å²) in [4.78, 5) is 32.1. The molecule has 3 N–H and O–H groups in total. The molecule has 0 aliphatic heterocycles. The molecular formula is C8H16N3O6PUV-2. The molecule has 0 bridgehead atoms. The second-order valence-electron chi connectivity index (χ2n) is 3.38. The number of rotatable bonds is 9. The number of amides is 2. The minimum absolute atomic E-state index is 0. The first-order valence-electron chi connectivity index (χ1n) is 4.94. The van der Waals surface area contributed by atoms with Gasteiger partial charge in [0.25, 0.3) is 0 Å². The van der Waals surface area contributed by atoms with Crippen molar-refractivity contribution < 1.29 is 77.8 Å². The van der Waals surface area contributed by atoms with Gasteiger partial charge in [0.2, 0.25) is 5.91 Å². The Morgan fingerprint density at radius 1 is 1.50 bits per heavy atom. The van der Waals surface area contributed by atoms with E-state index >= 15 is 0 Å². The van der Waals surface area contributed by atoms with Crippen molar-refractivity contribution in [2.45, 2.75) is 6.04 Å². The van der Waals surface area contributed by atoms with Gasteiger partial charge < -0.3 is 25.6 Å². The molecule has 0 aromatic carbocycles. The van der Waals surface area contributed by atoms with E-state index in [1.54, 1.807) is 0 Å². The predicted molar refractivity (Wildman–Crippen MR) is 62.2 cm³/mol. The van der Waals surface area contributed by atoms with Crippen molar-refractivity contribution in [3.05, 3.63) is 5.73 Å². The zero-order valence-corrected chi connectivity index (χ0v) is 17.5. The van der Waals surface area contributed by atoms with E-state index in [1.165, 1.54) is 25.4 Å². The fraction of sp³-hybridized carbons (Fsp3) is 0.750. The van der Waals surface area contributed by atoms with Gasteiger partial charge in [0, 0.05) is 70.4 Å². The Labute approximate surface area is 153 Å². The number of phosphoric acid groups is 1. The van der Waals surface area contributed by atoms with E-state index in [1.807, 2.05) is 5.32 Å². The SMILES string of the molecule is CN(C)C(=O)C(COP(=O)(O)OCC[NH-])N[C-]=O.[U].[V]. The summed E-state index contributed by atoms with van der Waals surface area (Å²) in [7, 11) is -1.41. The molecule has 2 unspecified atom stereocenters. The van der Waals surface area contributed by atoms with Gasteiger partial charge in [-0.1, -0.05) is 0 Å². The Bertz CT molecular complexity index is 335. The molecule has 20 heavy (non-hydrogen) atoms. The number of likely N-dealkylation sites (N-methyl/N-ethyl adjacent to an activating group) is 1. The number of nitrogens with zero attached hydrogens (tertiary/aromatic N) is 1. The quantitative estimate of drug-likeness (QED) is 0.214. The van der Waals surface area contributed by atoms with Crippen LogP contribution in [0.5, 0.6) is 0 Å². The van der Waals surface area contributed by atoms with Gasteiger partial charge in [-0.15, -0.1) is 6.54 Å². The van der Waals surface area contributed by atoms with E-state index in [2.05, 4.69) is 9.05 Å². The zero-order valence-electron chi connectivity index (χ0n) is 11.0. The Morgan fingerprint density at radius 2 is 2.05 bits per heavy atom. The summed E-state index contributed by atoms with van der Waals surface area (Å²) in [5.74, 6) is -0.515. The van der Waals surface area contributed by atoms with Crippen molar-refractivity contribution in [1.82, 2.24) is 10.2 Å². The van der Waals surface area contributed by atoms with Gasteiger partial charge in [-0.2, -0.15) is 6.41 Å². The third-order valence-electron chi connectivity index (χ3n) is 1.73. The molecule has 115 valence electrons. The molecule has 2 atom stereocenters. The van der Waals surface area contributed by atoms with Gasteiger partial charge in [0.15, 0.2) is 0 Å². The number of hydrogen-bond acceptors (Lipinski definition) is 5. The first-order chi connectivity index (χ1) is 8.34. The summed E-state index contributed by atoms with van der Waals surface area (Å²) in [6.45, 7) is -1.00. The van der Waals surface area contributed by atoms with Gasteiger partial charge in [0.1, 0.15) is 6.04 Å². The first-order valence-corrected chi connectivity index (χ1v) is 6.44. The van der Waals surface area contributed by atoms with Crippen LogP contribution >= 0.6 is 7.82 Å². The Balaban J connectivity index is -0.00000144. The van der Waals surface area contributed by atoms with E-state index < -0.39 is 26.4 Å². The maximum Gasteiger partial charge on any atom is 0.472 e. The standard InChI is InChI=1S/C8H16N3O6P.U.V/c1-11(2)8(13)7(10-6-12)5-17-18(14,15)16-4-3-9;;/h7,9H,3-5H2,1-2H3,(H,10,12)(H,14,15);;/q-2;;. The van der Waals surface area contributed by atoms with Crippen LogP contribution in [0.2, 0.25) is 0 Å². The number of phosphoric ester groups is 1. The average molecular weight is 570 g/mol. The molecule has 0 spiro atoms. The molecule has 2 amide bonds. The van der Waals surface area contributed by atoms with E-state index in [-0.39, 0.29) is 62.8 Å². The molecule has 0 fully saturated rings. The summed E-state index contributed by atoms with van der Waals surface area (Å²) in [5.41, 5.74) is 6.75. The van der Waals surface area contributed by atoms with Gasteiger partial charge >= 0.3 is 7.82 Å². The molecule has 0 aromatic rings. The van der Waals surface area contributed by atoms with E-state index in [0.29, 0.717) is 0 Å². The fourth-order valence-electron chi connectivity index (χ4n) is 0.924. The first kappa shape index (κ1) is 25.6. The Hall–Kier alpha value is 0.646. The third kappa shape index (κ3) is 11.3. The fourth-order valence-corrected chi connectivity index (χ4v) is 1.66. The summed E-state index contributed by atoms with van der Waals surface area (Å²) in [6, 6.07) is -1.13. The van der Waals surface area contributed by atoms with Crippen molar-refractivity contribution in [1.29, 1.82) is 0 Å². The molecule has 0 saturated heterocycles. The second kappa shape index (κ2) is 13.3. The van der Waals surface area contributed by atoms with Crippen LogP contribution in [0.4, 0.5) is 0 Å². The van der Waals surface area contributed by atoms with E-state index in [0.717, 1.165) is 0 Å². The molecule has 0 aliphatic rings. The van der Waals surface area contributed by atoms with Crippen molar-refractivity contribution >= 4 is 20.1 Å². The van der Waals surface area contributed by atoms with Crippen LogP contribution in [0.3, 0.4) is 0 Å². The van der Waals surface area contributed by atoms with Crippen LogP contribution in [0.15, 0.2) is 0 Å². The number of carbonyl (C=O) groups excluding carboxylic acids is 2. The minimum Gasteiger partial charge on any atom is -0.676 e. The normalized spacial score (nSPS) is 14.0. The summed E-state index contributed by atoms with van der Waals surface area (Å²) < 4.78 is 20.2. The molecular weight excluding hydrogens is 554 g/mol. The molecule has 9 nitrogen and oxygen atoms in total. The molecule has 0 rings (SSSR count). The van der Waals surface area contributed by atoms with Crippen molar-refractivity contribution in [2.75, 3.05) is 33.9 Å². The van der Waals surface area contributed by atoms with Crippen LogP contribution in [-0.4, -0.2) is 62.0 Å². The third-order valence-corrected chi connectivity index (χ3v) is 2.72. The summed E-state index contributed by atoms with van der Waals surface area (Å²) in [5, 5.41) is 2.05. The number of hydrogen-bond donors (Lipinski definition) is 2. The summed E-state index contributed by atoms with van der Waals surface area (Å²) in [6.07, 6.45) is 1.31. The van der Waals surface area contributed by atoms with Crippen molar-refractivity contribution in [3.63, 3.8) is 0 Å². The summed E-state index contributed by atoms with van der Waals surface area (Å²) >= 11 is 0. The van der Waals surface area contributed by atoms with E-state index in [4.69, 9.17) is 10.6 Å². The van der Waals surface area contributed by atoms with Gasteiger partial charge in [-0.25, -0.2) is 4.57 Å². The maximum atomic E-state index is 11.5. The molecule has 0 saturated carbocycles. The smallest absolute Gasteiger partial charge is 0.472 e. The van der Waals surface area contributed by atoms with E-state index in [9.17, 15) is 14.2 Å². The molecule has 12 heteroatoms. The van der Waals surface area contributed by atoms with Crippen molar-refractivity contribution in [3.8, 4) is 0 Å². The van der Waals surface area contributed by atoms with Crippen molar-refractivity contribution in [2.24, 2.45) is 0 Å². The predicted octanol–water partition coefficient (Wildman–Crippen LogP) is -0.717. The zero-order chi connectivity index (χ0) is 14.2.